The minimum atomic E-state index is -0.440. The normalized spacial score (nSPS) is 14.7. The Morgan fingerprint density at radius 1 is 1.28 bits per heavy atom. The lowest BCUT2D eigenvalue weighted by Gasteiger charge is -2.06. The van der Waals surface area contributed by atoms with E-state index in [-0.39, 0.29) is 11.2 Å². The van der Waals surface area contributed by atoms with E-state index in [0.29, 0.717) is 5.92 Å². The van der Waals surface area contributed by atoms with Gasteiger partial charge in [0.15, 0.2) is 0 Å². The van der Waals surface area contributed by atoms with E-state index in [1.807, 2.05) is 0 Å². The molecule has 0 spiro atoms. The molecule has 1 aromatic heterocycles. The molecular formula is C12H11N3O3. The molecule has 0 bridgehead atoms. The van der Waals surface area contributed by atoms with Gasteiger partial charge >= 0.3 is 0 Å². The Bertz CT molecular complexity index is 650. The quantitative estimate of drug-likeness (QED) is 0.662. The van der Waals surface area contributed by atoms with Crippen molar-refractivity contribution in [2.45, 2.75) is 18.8 Å². The number of nitrogens with zero attached hydrogens (tertiary/aromatic N) is 2. The largest absolute Gasteiger partial charge is 0.269 e. The zero-order valence-electron chi connectivity index (χ0n) is 9.50. The number of hydrogen-bond acceptors (Lipinski definition) is 3. The van der Waals surface area contributed by atoms with E-state index in [1.54, 1.807) is 22.9 Å². The van der Waals surface area contributed by atoms with Crippen LogP contribution in [0.5, 0.6) is 0 Å². The number of non-ortho nitro benzene ring substituents is 1. The minimum Gasteiger partial charge on any atom is -0.268 e. The van der Waals surface area contributed by atoms with Crippen LogP contribution < -0.4 is 5.56 Å². The van der Waals surface area contributed by atoms with Crippen LogP contribution in [-0.2, 0) is 0 Å². The maximum Gasteiger partial charge on any atom is 0.269 e. The maximum atomic E-state index is 11.4. The lowest BCUT2D eigenvalue weighted by Crippen LogP contribution is -2.05. The molecule has 1 saturated carbocycles. The molecule has 1 N–H and O–H groups in total. The first-order valence-corrected chi connectivity index (χ1v) is 5.72. The Balaban J connectivity index is 2.03. The van der Waals surface area contributed by atoms with Crippen LogP contribution in [-0.4, -0.2) is 14.7 Å². The lowest BCUT2D eigenvalue weighted by molar-refractivity contribution is -0.384. The first-order valence-electron chi connectivity index (χ1n) is 5.72. The molecule has 0 amide bonds. The zero-order valence-corrected chi connectivity index (χ0v) is 9.50. The van der Waals surface area contributed by atoms with Crippen molar-refractivity contribution in [3.8, 4) is 5.69 Å². The zero-order chi connectivity index (χ0) is 12.7. The summed E-state index contributed by atoms with van der Waals surface area (Å²) >= 11 is 0. The third-order valence-electron chi connectivity index (χ3n) is 3.07. The molecule has 3 rings (SSSR count). The number of nitro benzene ring substituents is 1. The predicted molar refractivity (Wildman–Crippen MR) is 65.0 cm³/mol. The molecule has 1 aliphatic carbocycles. The first kappa shape index (κ1) is 10.8. The Kier molecular flexibility index (Phi) is 2.29. The number of aromatic nitrogens is 2. The van der Waals surface area contributed by atoms with Crippen molar-refractivity contribution < 1.29 is 4.92 Å². The van der Waals surface area contributed by atoms with Crippen LogP contribution in [0.15, 0.2) is 35.1 Å². The van der Waals surface area contributed by atoms with Gasteiger partial charge < -0.3 is 0 Å². The molecule has 6 nitrogen and oxygen atoms in total. The van der Waals surface area contributed by atoms with Gasteiger partial charge in [0.2, 0.25) is 0 Å². The van der Waals surface area contributed by atoms with Gasteiger partial charge in [-0.1, -0.05) is 0 Å². The molecule has 92 valence electrons. The molecule has 6 heteroatoms. The number of nitro groups is 1. The van der Waals surface area contributed by atoms with Gasteiger partial charge in [-0.25, -0.2) is 0 Å². The summed E-state index contributed by atoms with van der Waals surface area (Å²) in [5, 5.41) is 13.3. The summed E-state index contributed by atoms with van der Waals surface area (Å²) in [6.45, 7) is 0. The van der Waals surface area contributed by atoms with Gasteiger partial charge in [-0.2, -0.15) is 0 Å². The summed E-state index contributed by atoms with van der Waals surface area (Å²) in [7, 11) is 0. The van der Waals surface area contributed by atoms with Crippen LogP contribution >= 0.6 is 0 Å². The molecular weight excluding hydrogens is 234 g/mol. The number of H-pyrrole nitrogens is 1. The molecule has 0 aliphatic heterocycles. The molecule has 1 heterocycles. The van der Waals surface area contributed by atoms with Crippen molar-refractivity contribution in [1.29, 1.82) is 0 Å². The molecule has 1 aliphatic rings. The number of benzene rings is 1. The highest BCUT2D eigenvalue weighted by Crippen LogP contribution is 2.40. The van der Waals surface area contributed by atoms with Crippen molar-refractivity contribution in [2.24, 2.45) is 0 Å². The van der Waals surface area contributed by atoms with Crippen LogP contribution in [0.1, 0.15) is 24.5 Å². The van der Waals surface area contributed by atoms with Gasteiger partial charge in [-0.3, -0.25) is 24.7 Å². The average molecular weight is 245 g/mol. The fourth-order valence-electron chi connectivity index (χ4n) is 2.02. The second-order valence-electron chi connectivity index (χ2n) is 4.43. The van der Waals surface area contributed by atoms with Crippen molar-refractivity contribution >= 4 is 5.69 Å². The van der Waals surface area contributed by atoms with Crippen LogP contribution in [0.4, 0.5) is 5.69 Å². The first-order chi connectivity index (χ1) is 8.65. The third kappa shape index (κ3) is 1.81. The molecule has 1 aromatic carbocycles. The summed E-state index contributed by atoms with van der Waals surface area (Å²) in [6.07, 6.45) is 2.18. The minimum absolute atomic E-state index is 0.0428. The van der Waals surface area contributed by atoms with Crippen molar-refractivity contribution in [3.63, 3.8) is 0 Å². The van der Waals surface area contributed by atoms with Crippen LogP contribution in [0.25, 0.3) is 5.69 Å². The van der Waals surface area contributed by atoms with Crippen molar-refractivity contribution in [3.05, 3.63) is 56.5 Å². The summed E-state index contributed by atoms with van der Waals surface area (Å²) in [4.78, 5) is 21.5. The van der Waals surface area contributed by atoms with Gasteiger partial charge in [0.05, 0.1) is 10.6 Å². The third-order valence-corrected chi connectivity index (χ3v) is 3.07. The SMILES string of the molecule is O=c1cc(C2CC2)n(-c2ccc([N+](=O)[O-])cc2)[nH]1. The molecule has 18 heavy (non-hydrogen) atoms. The highest BCUT2D eigenvalue weighted by molar-refractivity contribution is 5.41. The standard InChI is InChI=1S/C12H11N3O3/c16-12-7-11(8-1-2-8)14(13-12)9-3-5-10(6-4-9)15(17)18/h3-8H,1-2H2,(H,13,16). The highest BCUT2D eigenvalue weighted by Gasteiger charge is 2.28. The van der Waals surface area contributed by atoms with E-state index >= 15 is 0 Å². The van der Waals surface area contributed by atoms with Crippen molar-refractivity contribution in [1.82, 2.24) is 9.78 Å². The maximum absolute atomic E-state index is 11.4. The van der Waals surface area contributed by atoms with E-state index in [9.17, 15) is 14.9 Å². The Morgan fingerprint density at radius 2 is 1.94 bits per heavy atom. The number of aromatic amines is 1. The fraction of sp³-hybridized carbons (Fsp3) is 0.250. The van der Waals surface area contributed by atoms with Gasteiger partial charge in [-0.05, 0) is 25.0 Å². The van der Waals surface area contributed by atoms with Gasteiger partial charge in [0, 0.05) is 29.8 Å². The van der Waals surface area contributed by atoms with E-state index in [0.717, 1.165) is 24.2 Å². The van der Waals surface area contributed by atoms with E-state index < -0.39 is 4.92 Å². The van der Waals surface area contributed by atoms with Crippen LogP contribution in [0.3, 0.4) is 0 Å². The van der Waals surface area contributed by atoms with Crippen LogP contribution in [0, 0.1) is 10.1 Å². The second kappa shape index (κ2) is 3.83. The molecule has 0 atom stereocenters. The topological polar surface area (TPSA) is 80.9 Å². The number of rotatable bonds is 3. The summed E-state index contributed by atoms with van der Waals surface area (Å²) in [6, 6.07) is 7.74. The van der Waals surface area contributed by atoms with E-state index in [4.69, 9.17) is 0 Å². The van der Waals surface area contributed by atoms with Gasteiger partial charge in [-0.15, -0.1) is 0 Å². The monoisotopic (exact) mass is 245 g/mol. The molecule has 2 aromatic rings. The Labute approximate surface area is 102 Å². The predicted octanol–water partition coefficient (Wildman–Crippen LogP) is 1.95. The van der Waals surface area contributed by atoms with E-state index in [2.05, 4.69) is 5.10 Å². The van der Waals surface area contributed by atoms with Crippen LogP contribution in [0.2, 0.25) is 0 Å². The lowest BCUT2D eigenvalue weighted by atomic mass is 10.2. The highest BCUT2D eigenvalue weighted by atomic mass is 16.6. The Morgan fingerprint density at radius 3 is 2.50 bits per heavy atom. The number of nitrogens with one attached hydrogen (secondary N) is 1. The Hall–Kier alpha value is -2.37. The fourth-order valence-corrected chi connectivity index (χ4v) is 2.02. The molecule has 0 saturated heterocycles. The van der Waals surface area contributed by atoms with Crippen molar-refractivity contribution in [2.75, 3.05) is 0 Å². The van der Waals surface area contributed by atoms with E-state index in [1.165, 1.54) is 12.1 Å². The number of hydrogen-bond donors (Lipinski definition) is 1. The summed E-state index contributed by atoms with van der Waals surface area (Å²) in [5.74, 6) is 0.430. The smallest absolute Gasteiger partial charge is 0.268 e. The van der Waals surface area contributed by atoms with Gasteiger partial charge in [0.1, 0.15) is 0 Å². The second-order valence-corrected chi connectivity index (χ2v) is 4.43. The average Bonchev–Trinajstić information content (AvgIpc) is 3.13. The summed E-state index contributed by atoms with van der Waals surface area (Å²) in [5.41, 5.74) is 1.59. The molecule has 0 unspecified atom stereocenters. The molecule has 0 radical (unpaired) electrons. The van der Waals surface area contributed by atoms with Gasteiger partial charge in [0.25, 0.3) is 11.2 Å². The molecule has 1 fully saturated rings. The summed E-state index contributed by atoms with van der Waals surface area (Å²) < 4.78 is 1.71.